The maximum Gasteiger partial charge on any atom is 0.338 e. The molecule has 5 atom stereocenters. The molecule has 4 aromatic carbocycles. The molecular weight excluding hydrogens is 520 g/mol. The number of carbonyl (C=O) groups excluding carboxylic acids is 1. The van der Waals surface area contributed by atoms with Crippen LogP contribution in [0.25, 0.3) is 0 Å². The van der Waals surface area contributed by atoms with Gasteiger partial charge >= 0.3 is 5.97 Å². The number of aliphatic hydroxyl groups excluding tert-OH is 1. The van der Waals surface area contributed by atoms with Crippen molar-refractivity contribution in [3.05, 3.63) is 144 Å². The molecule has 5 rings (SSSR count). The summed E-state index contributed by atoms with van der Waals surface area (Å²) in [4.78, 5) is 12.7. The lowest BCUT2D eigenvalue weighted by Gasteiger charge is -2.44. The number of rotatable bonds is 12. The van der Waals surface area contributed by atoms with Crippen LogP contribution in [0.1, 0.15) is 27.0 Å². The van der Waals surface area contributed by atoms with Crippen molar-refractivity contribution in [2.75, 3.05) is 6.61 Å². The summed E-state index contributed by atoms with van der Waals surface area (Å²) in [7, 11) is 0. The lowest BCUT2D eigenvalue weighted by atomic mass is 9.98. The molecule has 1 N–H and O–H groups in total. The molecule has 1 aliphatic rings. The Morgan fingerprint density at radius 2 is 1.00 bits per heavy atom. The maximum atomic E-state index is 12.7. The molecule has 7 nitrogen and oxygen atoms in total. The highest BCUT2D eigenvalue weighted by Gasteiger charge is 2.48. The Morgan fingerprint density at radius 1 is 0.585 bits per heavy atom. The van der Waals surface area contributed by atoms with Gasteiger partial charge in [-0.05, 0) is 28.8 Å². The average molecular weight is 555 g/mol. The summed E-state index contributed by atoms with van der Waals surface area (Å²) in [5.41, 5.74) is 3.29. The van der Waals surface area contributed by atoms with Crippen molar-refractivity contribution < 1.29 is 33.6 Å². The topological polar surface area (TPSA) is 83.5 Å². The van der Waals surface area contributed by atoms with E-state index in [2.05, 4.69) is 0 Å². The second-order valence-electron chi connectivity index (χ2n) is 9.81. The fourth-order valence-corrected chi connectivity index (χ4v) is 4.71. The van der Waals surface area contributed by atoms with Crippen LogP contribution in [0.4, 0.5) is 0 Å². The smallest absolute Gasteiger partial charge is 0.338 e. The molecule has 0 amide bonds. The van der Waals surface area contributed by atoms with Crippen molar-refractivity contribution in [2.24, 2.45) is 0 Å². The van der Waals surface area contributed by atoms with Crippen LogP contribution in [0.2, 0.25) is 0 Å². The number of aliphatic hydroxyl groups is 1. The summed E-state index contributed by atoms with van der Waals surface area (Å²) in [6.07, 6.45) is -4.45. The average Bonchev–Trinajstić information content (AvgIpc) is 3.03. The van der Waals surface area contributed by atoms with Crippen molar-refractivity contribution in [3.63, 3.8) is 0 Å². The monoisotopic (exact) mass is 554 g/mol. The SMILES string of the molecule is O=C(OC[C@H]1O[C@H](O)[C@H](OCc2ccccc2)[C@@H](OCc2ccccc2)[C@@H]1OCc1ccccc1)c1ccccc1. The minimum absolute atomic E-state index is 0.138. The molecule has 0 radical (unpaired) electrons. The molecule has 0 aromatic heterocycles. The zero-order chi connectivity index (χ0) is 28.3. The normalized spacial score (nSPS) is 22.2. The maximum absolute atomic E-state index is 12.7. The van der Waals surface area contributed by atoms with E-state index in [1.165, 1.54) is 0 Å². The van der Waals surface area contributed by atoms with Gasteiger partial charge in [0.25, 0.3) is 0 Å². The van der Waals surface area contributed by atoms with E-state index < -0.39 is 36.7 Å². The van der Waals surface area contributed by atoms with Crippen LogP contribution in [0.5, 0.6) is 0 Å². The molecule has 1 heterocycles. The summed E-state index contributed by atoms with van der Waals surface area (Å²) in [5, 5.41) is 11.1. The standard InChI is InChI=1S/C34H34O7/c35-33(28-19-11-4-12-20-28)40-24-29-30(37-21-25-13-5-1-6-14-25)31(38-22-26-15-7-2-8-16-26)32(34(36)41-29)39-23-27-17-9-3-10-18-27/h1-20,29-32,34,36H,21-24H2/t29-,30-,31+,32-,34+/m1/s1. The van der Waals surface area contributed by atoms with Crippen LogP contribution in [-0.4, -0.2) is 48.4 Å². The number of hydrogen-bond acceptors (Lipinski definition) is 7. The third-order valence-corrected chi connectivity index (χ3v) is 6.85. The number of ether oxygens (including phenoxy) is 5. The van der Waals surface area contributed by atoms with Crippen molar-refractivity contribution in [1.82, 2.24) is 0 Å². The van der Waals surface area contributed by atoms with Crippen molar-refractivity contribution in [3.8, 4) is 0 Å². The minimum Gasteiger partial charge on any atom is -0.459 e. The van der Waals surface area contributed by atoms with E-state index in [0.29, 0.717) is 5.56 Å². The Bertz CT molecular complexity index is 1320. The van der Waals surface area contributed by atoms with Gasteiger partial charge in [-0.15, -0.1) is 0 Å². The number of hydrogen-bond donors (Lipinski definition) is 1. The molecule has 0 saturated carbocycles. The zero-order valence-corrected chi connectivity index (χ0v) is 22.7. The first-order chi connectivity index (χ1) is 20.2. The van der Waals surface area contributed by atoms with E-state index >= 15 is 0 Å². The molecule has 1 fully saturated rings. The van der Waals surface area contributed by atoms with Crippen LogP contribution in [-0.2, 0) is 43.5 Å². The third-order valence-electron chi connectivity index (χ3n) is 6.85. The molecule has 0 unspecified atom stereocenters. The predicted molar refractivity (Wildman–Crippen MR) is 153 cm³/mol. The Balaban J connectivity index is 1.38. The molecule has 0 bridgehead atoms. The summed E-state index contributed by atoms with van der Waals surface area (Å²) < 4.78 is 30.7. The minimum atomic E-state index is -1.34. The molecule has 0 aliphatic carbocycles. The van der Waals surface area contributed by atoms with Gasteiger partial charge < -0.3 is 28.8 Å². The highest BCUT2D eigenvalue weighted by molar-refractivity contribution is 5.89. The molecule has 0 spiro atoms. The van der Waals surface area contributed by atoms with Gasteiger partial charge in [-0.25, -0.2) is 4.79 Å². The van der Waals surface area contributed by atoms with Crippen LogP contribution in [0, 0.1) is 0 Å². The van der Waals surface area contributed by atoms with Gasteiger partial charge in [-0.1, -0.05) is 109 Å². The molecular formula is C34H34O7. The van der Waals surface area contributed by atoms with Gasteiger partial charge in [0.1, 0.15) is 31.0 Å². The van der Waals surface area contributed by atoms with Crippen molar-refractivity contribution in [2.45, 2.75) is 50.5 Å². The highest BCUT2D eigenvalue weighted by Crippen LogP contribution is 2.30. The van der Waals surface area contributed by atoms with Gasteiger partial charge in [0.15, 0.2) is 6.29 Å². The molecule has 1 aliphatic heterocycles. The zero-order valence-electron chi connectivity index (χ0n) is 22.7. The Kier molecular flexibility index (Phi) is 10.3. The first kappa shape index (κ1) is 28.7. The van der Waals surface area contributed by atoms with E-state index in [9.17, 15) is 9.90 Å². The fourth-order valence-electron chi connectivity index (χ4n) is 4.71. The van der Waals surface area contributed by atoms with Gasteiger partial charge in [0, 0.05) is 0 Å². The van der Waals surface area contributed by atoms with E-state index in [1.807, 2.05) is 97.1 Å². The quantitative estimate of drug-likeness (QED) is 0.238. The Labute approximate surface area is 240 Å². The first-order valence-corrected chi connectivity index (χ1v) is 13.7. The Morgan fingerprint density at radius 3 is 1.49 bits per heavy atom. The van der Waals surface area contributed by atoms with E-state index in [1.54, 1.807) is 24.3 Å². The summed E-state index contributed by atoms with van der Waals surface area (Å²) in [6.45, 7) is 0.646. The molecule has 1 saturated heterocycles. The lowest BCUT2D eigenvalue weighted by molar-refractivity contribution is -0.315. The van der Waals surface area contributed by atoms with Gasteiger partial charge in [-0.3, -0.25) is 0 Å². The van der Waals surface area contributed by atoms with E-state index in [0.717, 1.165) is 16.7 Å². The molecule has 212 valence electrons. The van der Waals surface area contributed by atoms with Crippen LogP contribution in [0.15, 0.2) is 121 Å². The largest absolute Gasteiger partial charge is 0.459 e. The Hall–Kier alpha value is -3.85. The summed E-state index contributed by atoms with van der Waals surface area (Å²) in [6, 6.07) is 37.9. The third kappa shape index (κ3) is 8.10. The van der Waals surface area contributed by atoms with Crippen molar-refractivity contribution in [1.29, 1.82) is 0 Å². The van der Waals surface area contributed by atoms with Gasteiger partial charge in [-0.2, -0.15) is 0 Å². The molecule has 41 heavy (non-hydrogen) atoms. The number of benzene rings is 4. The van der Waals surface area contributed by atoms with Crippen LogP contribution < -0.4 is 0 Å². The number of carbonyl (C=O) groups is 1. The predicted octanol–water partition coefficient (Wildman–Crippen LogP) is 5.32. The number of esters is 1. The summed E-state index contributed by atoms with van der Waals surface area (Å²) >= 11 is 0. The lowest BCUT2D eigenvalue weighted by Crippen LogP contribution is -2.61. The second-order valence-corrected chi connectivity index (χ2v) is 9.81. The van der Waals surface area contributed by atoms with Gasteiger partial charge in [0.05, 0.1) is 25.4 Å². The highest BCUT2D eigenvalue weighted by atomic mass is 16.7. The molecule has 7 heteroatoms. The van der Waals surface area contributed by atoms with Crippen molar-refractivity contribution >= 4 is 5.97 Å². The fraction of sp³-hybridized carbons (Fsp3) is 0.265. The summed E-state index contributed by atoms with van der Waals surface area (Å²) in [5.74, 6) is -0.491. The van der Waals surface area contributed by atoms with E-state index in [4.69, 9.17) is 23.7 Å². The van der Waals surface area contributed by atoms with Crippen LogP contribution >= 0.6 is 0 Å². The van der Waals surface area contributed by atoms with Gasteiger partial charge in [0.2, 0.25) is 0 Å². The first-order valence-electron chi connectivity index (χ1n) is 13.7. The molecule has 4 aromatic rings. The second kappa shape index (κ2) is 14.7. The van der Waals surface area contributed by atoms with E-state index in [-0.39, 0.29) is 26.4 Å². The van der Waals surface area contributed by atoms with Crippen LogP contribution in [0.3, 0.4) is 0 Å².